The molecule has 0 aromatic heterocycles. The number of hydrogen-bond donors (Lipinski definition) is 0. The number of rotatable bonds is 7. The van der Waals surface area contributed by atoms with E-state index in [2.05, 4.69) is 29.2 Å². The second kappa shape index (κ2) is 10.1. The molecule has 0 N–H and O–H groups in total. The molecule has 1 aliphatic rings. The van der Waals surface area contributed by atoms with Gasteiger partial charge in [-0.2, -0.15) is 0 Å². The first-order chi connectivity index (χ1) is 13.7. The Morgan fingerprint density at radius 1 is 0.893 bits per heavy atom. The van der Waals surface area contributed by atoms with Crippen molar-refractivity contribution < 1.29 is 14.3 Å². The number of ether oxygens (including phenoxy) is 2. The largest absolute Gasteiger partial charge is 0.497 e. The number of methoxy groups -OCH3 is 2. The predicted octanol–water partition coefficient (Wildman–Crippen LogP) is 3.37. The van der Waals surface area contributed by atoms with E-state index in [4.69, 9.17) is 9.47 Å². The van der Waals surface area contributed by atoms with Gasteiger partial charge in [-0.15, -0.1) is 0 Å². The number of nitrogens with zero attached hydrogens (tertiary/aromatic N) is 2. The lowest BCUT2D eigenvalue weighted by molar-refractivity contribution is -0.131. The Balaban J connectivity index is 1.51. The molecule has 0 radical (unpaired) electrons. The normalized spacial score (nSPS) is 15.1. The molecule has 150 valence electrons. The lowest BCUT2D eigenvalue weighted by Crippen LogP contribution is -2.35. The van der Waals surface area contributed by atoms with Crippen LogP contribution < -0.4 is 9.47 Å². The fraction of sp³-hybridized carbons (Fsp3) is 0.435. The highest BCUT2D eigenvalue weighted by atomic mass is 16.5. The van der Waals surface area contributed by atoms with Gasteiger partial charge in [0.25, 0.3) is 0 Å². The maximum absolute atomic E-state index is 12.7. The predicted molar refractivity (Wildman–Crippen MR) is 111 cm³/mol. The summed E-state index contributed by atoms with van der Waals surface area (Å²) in [5, 5.41) is 0. The number of carbonyl (C=O) groups excluding carboxylic acids is 1. The molecule has 5 nitrogen and oxygen atoms in total. The van der Waals surface area contributed by atoms with Crippen LogP contribution in [0, 0.1) is 0 Å². The van der Waals surface area contributed by atoms with Gasteiger partial charge in [0, 0.05) is 45.2 Å². The molecule has 0 spiro atoms. The number of carbonyl (C=O) groups is 1. The molecule has 0 aliphatic carbocycles. The third kappa shape index (κ3) is 5.73. The molecule has 0 atom stereocenters. The fourth-order valence-corrected chi connectivity index (χ4v) is 3.64. The van der Waals surface area contributed by atoms with E-state index in [1.54, 1.807) is 14.2 Å². The van der Waals surface area contributed by atoms with Gasteiger partial charge < -0.3 is 14.4 Å². The zero-order chi connectivity index (χ0) is 19.8. The van der Waals surface area contributed by atoms with Crippen molar-refractivity contribution in [1.29, 1.82) is 0 Å². The zero-order valence-corrected chi connectivity index (χ0v) is 16.9. The van der Waals surface area contributed by atoms with E-state index in [0.29, 0.717) is 12.8 Å². The monoisotopic (exact) mass is 382 g/mol. The minimum Gasteiger partial charge on any atom is -0.497 e. The van der Waals surface area contributed by atoms with Gasteiger partial charge in [-0.3, -0.25) is 9.69 Å². The molecule has 5 heteroatoms. The van der Waals surface area contributed by atoms with Gasteiger partial charge in [-0.25, -0.2) is 0 Å². The summed E-state index contributed by atoms with van der Waals surface area (Å²) >= 11 is 0. The second-order valence-corrected chi connectivity index (χ2v) is 7.22. The van der Waals surface area contributed by atoms with E-state index in [-0.39, 0.29) is 5.91 Å². The van der Waals surface area contributed by atoms with E-state index >= 15 is 0 Å². The number of hydrogen-bond acceptors (Lipinski definition) is 4. The molecule has 3 rings (SSSR count). The number of benzene rings is 2. The van der Waals surface area contributed by atoms with Crippen LogP contribution in [0.15, 0.2) is 48.5 Å². The Morgan fingerprint density at radius 3 is 2.29 bits per heavy atom. The van der Waals surface area contributed by atoms with Crippen molar-refractivity contribution in [3.8, 4) is 11.5 Å². The van der Waals surface area contributed by atoms with Gasteiger partial charge in [0.15, 0.2) is 0 Å². The molecule has 0 saturated carbocycles. The number of amides is 1. The Bertz CT molecular complexity index is 741. The van der Waals surface area contributed by atoms with E-state index in [1.165, 1.54) is 5.56 Å². The minimum atomic E-state index is 0.225. The van der Waals surface area contributed by atoms with Crippen LogP contribution in [0.5, 0.6) is 11.5 Å². The van der Waals surface area contributed by atoms with Crippen LogP contribution in [0.3, 0.4) is 0 Å². The molecule has 0 unspecified atom stereocenters. The SMILES string of the molecule is COc1cc(CCC(=O)N2CCCN(Cc3ccccc3)CC2)cc(OC)c1. The van der Waals surface area contributed by atoms with Gasteiger partial charge in [0.2, 0.25) is 5.91 Å². The van der Waals surface area contributed by atoms with Crippen molar-refractivity contribution >= 4 is 5.91 Å². The first-order valence-corrected chi connectivity index (χ1v) is 9.94. The third-order valence-corrected chi connectivity index (χ3v) is 5.23. The maximum atomic E-state index is 12.7. The van der Waals surface area contributed by atoms with Gasteiger partial charge in [-0.05, 0) is 36.1 Å². The summed E-state index contributed by atoms with van der Waals surface area (Å²) in [5.41, 5.74) is 2.39. The topological polar surface area (TPSA) is 42.0 Å². The summed E-state index contributed by atoms with van der Waals surface area (Å²) < 4.78 is 10.6. The number of aryl methyl sites for hydroxylation is 1. The first-order valence-electron chi connectivity index (χ1n) is 9.94. The van der Waals surface area contributed by atoms with Gasteiger partial charge >= 0.3 is 0 Å². The van der Waals surface area contributed by atoms with Gasteiger partial charge in [-0.1, -0.05) is 30.3 Å². The Morgan fingerprint density at radius 2 is 1.61 bits per heavy atom. The highest BCUT2D eigenvalue weighted by Crippen LogP contribution is 2.23. The molecule has 1 aliphatic heterocycles. The van der Waals surface area contributed by atoms with Crippen LogP contribution in [0.4, 0.5) is 0 Å². The fourth-order valence-electron chi connectivity index (χ4n) is 3.64. The summed E-state index contributed by atoms with van der Waals surface area (Å²) in [6.45, 7) is 4.55. The van der Waals surface area contributed by atoms with Crippen molar-refractivity contribution in [1.82, 2.24) is 9.80 Å². The van der Waals surface area contributed by atoms with E-state index < -0.39 is 0 Å². The highest BCUT2D eigenvalue weighted by Gasteiger charge is 2.19. The van der Waals surface area contributed by atoms with Crippen molar-refractivity contribution in [2.75, 3.05) is 40.4 Å². The highest BCUT2D eigenvalue weighted by molar-refractivity contribution is 5.76. The standard InChI is InChI=1S/C23H30N2O3/c1-27-21-15-20(16-22(17-21)28-2)9-10-23(26)25-12-6-11-24(13-14-25)18-19-7-4-3-5-8-19/h3-5,7-8,15-17H,6,9-14,18H2,1-2H3. The third-order valence-electron chi connectivity index (χ3n) is 5.23. The summed E-state index contributed by atoms with van der Waals surface area (Å²) in [6.07, 6.45) is 2.22. The summed E-state index contributed by atoms with van der Waals surface area (Å²) in [5.74, 6) is 1.74. The second-order valence-electron chi connectivity index (χ2n) is 7.22. The average molecular weight is 383 g/mol. The van der Waals surface area contributed by atoms with E-state index in [1.807, 2.05) is 29.2 Å². The maximum Gasteiger partial charge on any atom is 0.222 e. The van der Waals surface area contributed by atoms with Crippen molar-refractivity contribution in [2.24, 2.45) is 0 Å². The Labute approximate surface area is 167 Å². The van der Waals surface area contributed by atoms with Crippen molar-refractivity contribution in [3.63, 3.8) is 0 Å². The molecule has 2 aromatic rings. The quantitative estimate of drug-likeness (QED) is 0.736. The Kier molecular flexibility index (Phi) is 7.31. The molecule has 1 amide bonds. The van der Waals surface area contributed by atoms with Crippen LogP contribution in [0.25, 0.3) is 0 Å². The molecular weight excluding hydrogens is 352 g/mol. The van der Waals surface area contributed by atoms with Crippen LogP contribution in [-0.2, 0) is 17.8 Å². The van der Waals surface area contributed by atoms with Gasteiger partial charge in [0.05, 0.1) is 14.2 Å². The molecule has 1 saturated heterocycles. The van der Waals surface area contributed by atoms with E-state index in [9.17, 15) is 4.79 Å². The van der Waals surface area contributed by atoms with Crippen LogP contribution in [-0.4, -0.2) is 56.1 Å². The van der Waals surface area contributed by atoms with Gasteiger partial charge in [0.1, 0.15) is 11.5 Å². The molecular formula is C23H30N2O3. The lowest BCUT2D eigenvalue weighted by Gasteiger charge is -2.22. The minimum absolute atomic E-state index is 0.225. The smallest absolute Gasteiger partial charge is 0.222 e. The van der Waals surface area contributed by atoms with Crippen molar-refractivity contribution in [3.05, 3.63) is 59.7 Å². The summed E-state index contributed by atoms with van der Waals surface area (Å²) in [4.78, 5) is 17.2. The summed E-state index contributed by atoms with van der Waals surface area (Å²) in [7, 11) is 3.28. The molecule has 0 bridgehead atoms. The van der Waals surface area contributed by atoms with Crippen LogP contribution >= 0.6 is 0 Å². The average Bonchev–Trinajstić information content (AvgIpc) is 2.98. The molecule has 2 aromatic carbocycles. The molecule has 1 fully saturated rings. The van der Waals surface area contributed by atoms with E-state index in [0.717, 1.165) is 56.2 Å². The van der Waals surface area contributed by atoms with Crippen LogP contribution in [0.1, 0.15) is 24.0 Å². The Hall–Kier alpha value is -2.53. The zero-order valence-electron chi connectivity index (χ0n) is 16.9. The first kappa shape index (κ1) is 20.2. The lowest BCUT2D eigenvalue weighted by atomic mass is 10.1. The molecule has 28 heavy (non-hydrogen) atoms. The van der Waals surface area contributed by atoms with Crippen molar-refractivity contribution in [2.45, 2.75) is 25.8 Å². The van der Waals surface area contributed by atoms with Crippen LogP contribution in [0.2, 0.25) is 0 Å². The summed E-state index contributed by atoms with van der Waals surface area (Å²) in [6, 6.07) is 16.3. The molecule has 1 heterocycles.